The number of aliphatic carboxylic acids is 1. The van der Waals surface area contributed by atoms with Gasteiger partial charge in [0.05, 0.1) is 12.5 Å². The second-order valence-electron chi connectivity index (χ2n) is 6.01. The van der Waals surface area contributed by atoms with Crippen molar-refractivity contribution in [2.45, 2.75) is 39.2 Å². The second-order valence-corrected chi connectivity index (χ2v) is 6.01. The molecule has 0 heterocycles. The standard InChI is InChI=1S/C20H23NO3/c1-14-7-6-8-15(2)17(14)13-19(22)21-18(11-12-20(23)24)16-9-4-3-5-10-16/h3-10,18H,11-13H2,1-2H3,(H,21,22)(H,23,24). The highest BCUT2D eigenvalue weighted by Gasteiger charge is 2.17. The Bertz CT molecular complexity index is 690. The van der Waals surface area contributed by atoms with E-state index in [0.717, 1.165) is 22.3 Å². The van der Waals surface area contributed by atoms with E-state index in [-0.39, 0.29) is 18.4 Å². The maximum atomic E-state index is 12.5. The van der Waals surface area contributed by atoms with Gasteiger partial charge in [-0.15, -0.1) is 0 Å². The molecule has 0 radical (unpaired) electrons. The van der Waals surface area contributed by atoms with Gasteiger partial charge in [-0.1, -0.05) is 48.5 Å². The third-order valence-electron chi connectivity index (χ3n) is 4.17. The fraction of sp³-hybridized carbons (Fsp3) is 0.300. The summed E-state index contributed by atoms with van der Waals surface area (Å²) in [6.07, 6.45) is 0.690. The fourth-order valence-electron chi connectivity index (χ4n) is 2.81. The van der Waals surface area contributed by atoms with Gasteiger partial charge in [0, 0.05) is 6.42 Å². The van der Waals surface area contributed by atoms with Gasteiger partial charge < -0.3 is 10.4 Å². The number of carbonyl (C=O) groups is 2. The molecular formula is C20H23NO3. The number of carbonyl (C=O) groups excluding carboxylic acids is 1. The van der Waals surface area contributed by atoms with Crippen LogP contribution < -0.4 is 5.32 Å². The number of rotatable bonds is 7. The highest BCUT2D eigenvalue weighted by atomic mass is 16.4. The number of hydrogen-bond acceptors (Lipinski definition) is 2. The van der Waals surface area contributed by atoms with Crippen LogP contribution in [0.1, 0.15) is 41.1 Å². The van der Waals surface area contributed by atoms with Crippen molar-refractivity contribution in [2.24, 2.45) is 0 Å². The quantitative estimate of drug-likeness (QED) is 0.818. The van der Waals surface area contributed by atoms with Crippen molar-refractivity contribution in [2.75, 3.05) is 0 Å². The maximum absolute atomic E-state index is 12.5. The molecule has 2 aromatic carbocycles. The molecule has 1 amide bonds. The monoisotopic (exact) mass is 325 g/mol. The van der Waals surface area contributed by atoms with Gasteiger partial charge >= 0.3 is 5.97 Å². The highest BCUT2D eigenvalue weighted by Crippen LogP contribution is 2.20. The molecule has 0 spiro atoms. The van der Waals surface area contributed by atoms with Gasteiger partial charge in [0.15, 0.2) is 0 Å². The van der Waals surface area contributed by atoms with E-state index in [2.05, 4.69) is 5.32 Å². The van der Waals surface area contributed by atoms with Crippen molar-refractivity contribution >= 4 is 11.9 Å². The average molecular weight is 325 g/mol. The summed E-state index contributed by atoms with van der Waals surface area (Å²) in [5.41, 5.74) is 4.13. The van der Waals surface area contributed by atoms with Crippen LogP contribution in [0.5, 0.6) is 0 Å². The summed E-state index contributed by atoms with van der Waals surface area (Å²) in [5, 5.41) is 11.9. The summed E-state index contributed by atoms with van der Waals surface area (Å²) >= 11 is 0. The van der Waals surface area contributed by atoms with Crippen LogP contribution in [0.2, 0.25) is 0 Å². The lowest BCUT2D eigenvalue weighted by molar-refractivity contribution is -0.137. The van der Waals surface area contributed by atoms with Gasteiger partial charge in [0.25, 0.3) is 0 Å². The topological polar surface area (TPSA) is 66.4 Å². The Labute approximate surface area is 142 Å². The molecule has 4 nitrogen and oxygen atoms in total. The summed E-state index contributed by atoms with van der Waals surface area (Å²) in [6, 6.07) is 15.2. The zero-order chi connectivity index (χ0) is 17.5. The van der Waals surface area contributed by atoms with E-state index in [1.54, 1.807) is 0 Å². The Morgan fingerprint density at radius 3 is 2.21 bits per heavy atom. The number of carboxylic acid groups (broad SMARTS) is 1. The second kappa shape index (κ2) is 8.29. The van der Waals surface area contributed by atoms with E-state index in [4.69, 9.17) is 5.11 Å². The normalized spacial score (nSPS) is 11.8. The predicted molar refractivity (Wildman–Crippen MR) is 93.8 cm³/mol. The van der Waals surface area contributed by atoms with Crippen LogP contribution >= 0.6 is 0 Å². The molecule has 0 aliphatic rings. The predicted octanol–water partition coefficient (Wildman–Crippen LogP) is 3.57. The third-order valence-corrected chi connectivity index (χ3v) is 4.17. The molecular weight excluding hydrogens is 302 g/mol. The molecule has 2 N–H and O–H groups in total. The number of hydrogen-bond donors (Lipinski definition) is 2. The lowest BCUT2D eigenvalue weighted by atomic mass is 9.98. The molecule has 2 rings (SSSR count). The van der Waals surface area contributed by atoms with Crippen molar-refractivity contribution in [3.8, 4) is 0 Å². The largest absolute Gasteiger partial charge is 0.481 e. The minimum atomic E-state index is -0.861. The van der Waals surface area contributed by atoms with Gasteiger partial charge in [0.1, 0.15) is 0 Å². The fourth-order valence-corrected chi connectivity index (χ4v) is 2.81. The zero-order valence-electron chi connectivity index (χ0n) is 14.1. The van der Waals surface area contributed by atoms with Gasteiger partial charge in [-0.2, -0.15) is 0 Å². The van der Waals surface area contributed by atoms with Crippen LogP contribution in [-0.4, -0.2) is 17.0 Å². The molecule has 24 heavy (non-hydrogen) atoms. The number of benzene rings is 2. The maximum Gasteiger partial charge on any atom is 0.303 e. The first-order chi connectivity index (χ1) is 11.5. The molecule has 0 fully saturated rings. The Morgan fingerprint density at radius 1 is 1.00 bits per heavy atom. The van der Waals surface area contributed by atoms with E-state index < -0.39 is 5.97 Å². The number of carboxylic acids is 1. The van der Waals surface area contributed by atoms with Crippen molar-refractivity contribution in [3.05, 3.63) is 70.8 Å². The van der Waals surface area contributed by atoms with Gasteiger partial charge in [-0.3, -0.25) is 9.59 Å². The Hall–Kier alpha value is -2.62. The molecule has 0 aliphatic heterocycles. The average Bonchev–Trinajstić information content (AvgIpc) is 2.55. The van der Waals surface area contributed by atoms with E-state index in [1.165, 1.54) is 0 Å². The third kappa shape index (κ3) is 4.95. The van der Waals surface area contributed by atoms with Crippen LogP contribution in [-0.2, 0) is 16.0 Å². The first-order valence-corrected chi connectivity index (χ1v) is 8.08. The minimum absolute atomic E-state index is 0.0171. The van der Waals surface area contributed by atoms with Crippen LogP contribution in [0, 0.1) is 13.8 Å². The summed E-state index contributed by atoms with van der Waals surface area (Å²) < 4.78 is 0. The van der Waals surface area contributed by atoms with Crippen molar-refractivity contribution in [1.29, 1.82) is 0 Å². The first-order valence-electron chi connectivity index (χ1n) is 8.08. The first kappa shape index (κ1) is 17.7. The molecule has 0 aliphatic carbocycles. The number of aryl methyl sites for hydroxylation is 2. The van der Waals surface area contributed by atoms with Crippen LogP contribution in [0.4, 0.5) is 0 Å². The lowest BCUT2D eigenvalue weighted by Crippen LogP contribution is -2.30. The molecule has 0 bridgehead atoms. The van der Waals surface area contributed by atoms with Gasteiger partial charge in [-0.25, -0.2) is 0 Å². The summed E-state index contributed by atoms with van der Waals surface area (Å²) in [6.45, 7) is 3.99. The number of nitrogens with one attached hydrogen (secondary N) is 1. The Balaban J connectivity index is 2.11. The van der Waals surface area contributed by atoms with Crippen molar-refractivity contribution in [3.63, 3.8) is 0 Å². The highest BCUT2D eigenvalue weighted by molar-refractivity contribution is 5.80. The SMILES string of the molecule is Cc1cccc(C)c1CC(=O)NC(CCC(=O)O)c1ccccc1. The molecule has 126 valence electrons. The molecule has 0 saturated carbocycles. The van der Waals surface area contributed by atoms with E-state index in [0.29, 0.717) is 12.8 Å². The summed E-state index contributed by atoms with van der Waals surface area (Å²) in [7, 11) is 0. The minimum Gasteiger partial charge on any atom is -0.481 e. The molecule has 0 saturated heterocycles. The number of amides is 1. The van der Waals surface area contributed by atoms with Crippen molar-refractivity contribution < 1.29 is 14.7 Å². The molecule has 1 atom stereocenters. The summed E-state index contributed by atoms with van der Waals surface area (Å²) in [5.74, 6) is -0.952. The molecule has 2 aromatic rings. The van der Waals surface area contributed by atoms with Gasteiger partial charge in [-0.05, 0) is 42.5 Å². The van der Waals surface area contributed by atoms with Gasteiger partial charge in [0.2, 0.25) is 5.91 Å². The van der Waals surface area contributed by atoms with Crippen LogP contribution in [0.25, 0.3) is 0 Å². The zero-order valence-corrected chi connectivity index (χ0v) is 14.1. The molecule has 0 aromatic heterocycles. The molecule has 1 unspecified atom stereocenters. The Morgan fingerprint density at radius 2 is 1.62 bits per heavy atom. The summed E-state index contributed by atoms with van der Waals surface area (Å²) in [4.78, 5) is 23.4. The van der Waals surface area contributed by atoms with Crippen LogP contribution in [0.3, 0.4) is 0 Å². The van der Waals surface area contributed by atoms with Crippen LogP contribution in [0.15, 0.2) is 48.5 Å². The Kier molecular flexibility index (Phi) is 6.13. The van der Waals surface area contributed by atoms with Crippen molar-refractivity contribution in [1.82, 2.24) is 5.32 Å². The van der Waals surface area contributed by atoms with E-state index >= 15 is 0 Å². The lowest BCUT2D eigenvalue weighted by Gasteiger charge is -2.19. The molecule has 4 heteroatoms. The van der Waals surface area contributed by atoms with E-state index in [1.807, 2.05) is 62.4 Å². The smallest absolute Gasteiger partial charge is 0.303 e. The van der Waals surface area contributed by atoms with E-state index in [9.17, 15) is 9.59 Å².